The Hall–Kier alpha value is -1.61. The minimum Gasteiger partial charge on any atom is -0.370 e. The zero-order chi connectivity index (χ0) is 17.6. The number of aromatic nitrogens is 2. The molecule has 142 valence electrons. The molecule has 2 N–H and O–H groups in total. The summed E-state index contributed by atoms with van der Waals surface area (Å²) >= 11 is 0. The molecule has 6 nitrogen and oxygen atoms in total. The second kappa shape index (κ2) is 9.91. The summed E-state index contributed by atoms with van der Waals surface area (Å²) in [6.45, 7) is 10.1. The van der Waals surface area contributed by atoms with Crippen molar-refractivity contribution in [1.29, 1.82) is 0 Å². The third-order valence-corrected chi connectivity index (χ3v) is 4.43. The van der Waals surface area contributed by atoms with Gasteiger partial charge in [-0.2, -0.15) is 5.10 Å². The van der Waals surface area contributed by atoms with Crippen molar-refractivity contribution in [2.24, 2.45) is 4.99 Å². The van der Waals surface area contributed by atoms with Crippen molar-refractivity contribution in [2.75, 3.05) is 26.2 Å². The Morgan fingerprint density at radius 2 is 2.23 bits per heavy atom. The summed E-state index contributed by atoms with van der Waals surface area (Å²) in [5.74, 6) is 0.926. The van der Waals surface area contributed by atoms with Gasteiger partial charge >= 0.3 is 0 Å². The van der Waals surface area contributed by atoms with Crippen molar-refractivity contribution in [3.05, 3.63) is 52.8 Å². The number of H-pyrrole nitrogens is 1. The number of aryl methyl sites for hydroxylation is 2. The maximum Gasteiger partial charge on any atom is 0.194 e. The zero-order valence-corrected chi connectivity index (χ0v) is 18.0. The van der Waals surface area contributed by atoms with Crippen LogP contribution in [0.5, 0.6) is 0 Å². The molecule has 7 heteroatoms. The molecule has 2 heterocycles. The quantitative estimate of drug-likeness (QED) is 0.410. The summed E-state index contributed by atoms with van der Waals surface area (Å²) < 4.78 is 6.05. The molecule has 26 heavy (non-hydrogen) atoms. The minimum atomic E-state index is 0. The average molecular weight is 469 g/mol. The molecule has 0 spiro atoms. The van der Waals surface area contributed by atoms with Crippen molar-refractivity contribution >= 4 is 29.9 Å². The van der Waals surface area contributed by atoms with Crippen molar-refractivity contribution in [2.45, 2.75) is 33.4 Å². The third-order valence-electron chi connectivity index (χ3n) is 4.43. The predicted molar refractivity (Wildman–Crippen MR) is 115 cm³/mol. The lowest BCUT2D eigenvalue weighted by Gasteiger charge is -2.36. The van der Waals surface area contributed by atoms with E-state index in [2.05, 4.69) is 59.4 Å². The first-order chi connectivity index (χ1) is 12.2. The predicted octanol–water partition coefficient (Wildman–Crippen LogP) is 3.18. The molecule has 1 unspecified atom stereocenters. The normalized spacial score (nSPS) is 17.7. The van der Waals surface area contributed by atoms with Crippen molar-refractivity contribution < 1.29 is 4.74 Å². The number of halogens is 1. The molecule has 3 rings (SSSR count). The van der Waals surface area contributed by atoms with Crippen molar-refractivity contribution in [1.82, 2.24) is 20.4 Å². The molecule has 1 aromatic heterocycles. The number of nitrogens with zero attached hydrogens (tertiary/aromatic N) is 3. The van der Waals surface area contributed by atoms with Gasteiger partial charge in [-0.3, -0.25) is 5.10 Å². The first-order valence-electron chi connectivity index (χ1n) is 8.87. The van der Waals surface area contributed by atoms with Crippen LogP contribution in [0.4, 0.5) is 0 Å². The largest absolute Gasteiger partial charge is 0.370 e. The Kier molecular flexibility index (Phi) is 7.89. The number of aromatic amines is 1. The van der Waals surface area contributed by atoms with Crippen LogP contribution in [0.15, 0.2) is 35.5 Å². The van der Waals surface area contributed by atoms with Crippen LogP contribution in [0.25, 0.3) is 0 Å². The average Bonchev–Trinajstić information content (AvgIpc) is 3.12. The number of guanidine groups is 1. The zero-order valence-electron chi connectivity index (χ0n) is 15.7. The number of benzene rings is 1. The highest BCUT2D eigenvalue weighted by Gasteiger charge is 2.25. The van der Waals surface area contributed by atoms with E-state index in [1.807, 2.05) is 6.07 Å². The highest BCUT2D eigenvalue weighted by molar-refractivity contribution is 14.0. The van der Waals surface area contributed by atoms with Crippen LogP contribution < -0.4 is 5.32 Å². The van der Waals surface area contributed by atoms with Crippen molar-refractivity contribution in [3.8, 4) is 0 Å². The van der Waals surface area contributed by atoms with Gasteiger partial charge in [-0.15, -0.1) is 24.0 Å². The summed E-state index contributed by atoms with van der Waals surface area (Å²) in [7, 11) is 0. The minimum absolute atomic E-state index is 0. The van der Waals surface area contributed by atoms with E-state index >= 15 is 0 Å². The van der Waals surface area contributed by atoms with E-state index in [1.54, 1.807) is 6.20 Å². The maximum absolute atomic E-state index is 6.05. The van der Waals surface area contributed by atoms with Crippen LogP contribution in [0.2, 0.25) is 0 Å². The smallest absolute Gasteiger partial charge is 0.194 e. The molecular weight excluding hydrogens is 441 g/mol. The Labute approximate surface area is 172 Å². The molecule has 0 saturated carbocycles. The Balaban J connectivity index is 0.00000243. The highest BCUT2D eigenvalue weighted by Crippen LogP contribution is 2.26. The second-order valence-electron chi connectivity index (χ2n) is 6.42. The lowest BCUT2D eigenvalue weighted by Crippen LogP contribution is -2.48. The molecule has 0 amide bonds. The van der Waals surface area contributed by atoms with Gasteiger partial charge < -0.3 is 15.0 Å². The fourth-order valence-corrected chi connectivity index (χ4v) is 3.18. The number of hydrogen-bond donors (Lipinski definition) is 2. The Morgan fingerprint density at radius 1 is 1.38 bits per heavy atom. The molecule has 1 aliphatic rings. The lowest BCUT2D eigenvalue weighted by atomic mass is 10.00. The fourth-order valence-electron chi connectivity index (χ4n) is 3.18. The van der Waals surface area contributed by atoms with E-state index in [9.17, 15) is 0 Å². The number of morpholine rings is 1. The van der Waals surface area contributed by atoms with Crippen LogP contribution in [-0.4, -0.2) is 47.3 Å². The summed E-state index contributed by atoms with van der Waals surface area (Å²) in [5, 5.41) is 10.3. The van der Waals surface area contributed by atoms with Crippen LogP contribution in [0, 0.1) is 13.8 Å². The van der Waals surface area contributed by atoms with E-state index in [1.165, 1.54) is 16.7 Å². The van der Waals surface area contributed by atoms with E-state index in [-0.39, 0.29) is 30.1 Å². The number of nitrogens with one attached hydrogen (secondary N) is 2. The van der Waals surface area contributed by atoms with Crippen LogP contribution in [-0.2, 0) is 11.3 Å². The van der Waals surface area contributed by atoms with Gasteiger partial charge in [0.15, 0.2) is 5.96 Å². The molecular formula is C19H28IN5O. The van der Waals surface area contributed by atoms with Crippen molar-refractivity contribution in [3.63, 3.8) is 0 Å². The second-order valence-corrected chi connectivity index (χ2v) is 6.42. The van der Waals surface area contributed by atoms with E-state index in [0.717, 1.165) is 31.3 Å². The molecule has 0 aliphatic carbocycles. The van der Waals surface area contributed by atoms with Gasteiger partial charge in [0.2, 0.25) is 0 Å². The van der Waals surface area contributed by atoms with E-state index in [4.69, 9.17) is 9.73 Å². The lowest BCUT2D eigenvalue weighted by molar-refractivity contribution is -0.00834. The molecule has 1 aliphatic heterocycles. The van der Waals surface area contributed by atoms with Gasteiger partial charge in [0.1, 0.15) is 6.10 Å². The first-order valence-corrected chi connectivity index (χ1v) is 8.87. The molecule has 0 radical (unpaired) electrons. The number of rotatable bonds is 4. The monoisotopic (exact) mass is 469 g/mol. The van der Waals surface area contributed by atoms with Gasteiger partial charge in [-0.25, -0.2) is 4.99 Å². The van der Waals surface area contributed by atoms with Gasteiger partial charge in [0.05, 0.1) is 25.4 Å². The Bertz CT molecular complexity index is 717. The molecule has 0 bridgehead atoms. The van der Waals surface area contributed by atoms with Crippen LogP contribution >= 0.6 is 24.0 Å². The van der Waals surface area contributed by atoms with Gasteiger partial charge in [0, 0.05) is 19.3 Å². The maximum atomic E-state index is 6.05. The molecule has 1 atom stereocenters. The van der Waals surface area contributed by atoms with Gasteiger partial charge in [0.25, 0.3) is 0 Å². The van der Waals surface area contributed by atoms with Crippen LogP contribution in [0.3, 0.4) is 0 Å². The summed E-state index contributed by atoms with van der Waals surface area (Å²) in [6, 6.07) is 8.51. The molecule has 1 fully saturated rings. The summed E-state index contributed by atoms with van der Waals surface area (Å²) in [6.07, 6.45) is 1.83. The number of aliphatic imine (C=N–C) groups is 1. The van der Waals surface area contributed by atoms with Gasteiger partial charge in [-0.1, -0.05) is 23.8 Å². The van der Waals surface area contributed by atoms with E-state index < -0.39 is 0 Å². The number of ether oxygens (including phenoxy) is 1. The molecule has 1 aromatic carbocycles. The van der Waals surface area contributed by atoms with Gasteiger partial charge in [-0.05, 0) is 38.0 Å². The summed E-state index contributed by atoms with van der Waals surface area (Å²) in [4.78, 5) is 7.03. The molecule has 2 aromatic rings. The third kappa shape index (κ3) is 5.20. The van der Waals surface area contributed by atoms with E-state index in [0.29, 0.717) is 13.2 Å². The standard InChI is InChI=1S/C19H27N5O.HI/c1-4-20-19(21-12-16-7-8-22-23-16)24-9-10-25-18(13-24)17-6-5-14(2)11-15(17)3;/h5-8,11,18H,4,9-10,12-13H2,1-3H3,(H,20,21)(H,22,23);1H. The fraction of sp³-hybridized carbons (Fsp3) is 0.474. The topological polar surface area (TPSA) is 65.5 Å². The Morgan fingerprint density at radius 3 is 2.92 bits per heavy atom. The summed E-state index contributed by atoms with van der Waals surface area (Å²) in [5.41, 5.74) is 4.84. The van der Waals surface area contributed by atoms with Crippen LogP contribution in [0.1, 0.15) is 35.4 Å². The molecule has 1 saturated heterocycles. The SMILES string of the molecule is CCNC(=NCc1ccn[nH]1)N1CCOC(c2ccc(C)cc2C)C1.I. The highest BCUT2D eigenvalue weighted by atomic mass is 127. The number of hydrogen-bond acceptors (Lipinski definition) is 3. The first kappa shape index (κ1) is 20.7.